The highest BCUT2D eigenvalue weighted by Gasteiger charge is 2.09. The number of aromatic nitrogens is 1. The van der Waals surface area contributed by atoms with Crippen molar-refractivity contribution in [3.63, 3.8) is 0 Å². The van der Waals surface area contributed by atoms with E-state index in [2.05, 4.69) is 15.6 Å². The maximum atomic E-state index is 12.1. The number of amides is 1. The quantitative estimate of drug-likeness (QED) is 0.909. The fourth-order valence-corrected chi connectivity index (χ4v) is 1.82. The van der Waals surface area contributed by atoms with Gasteiger partial charge in [-0.25, -0.2) is 4.98 Å². The van der Waals surface area contributed by atoms with Crippen LogP contribution in [0.2, 0.25) is 5.02 Å². The van der Waals surface area contributed by atoms with E-state index < -0.39 is 0 Å². The van der Waals surface area contributed by atoms with Crippen LogP contribution in [-0.2, 0) is 0 Å². The van der Waals surface area contributed by atoms with Crippen LogP contribution in [0.25, 0.3) is 0 Å². The Balaban J connectivity index is 2.21. The summed E-state index contributed by atoms with van der Waals surface area (Å²) in [7, 11) is 1.72. The molecule has 5 nitrogen and oxygen atoms in total. The van der Waals surface area contributed by atoms with E-state index in [4.69, 9.17) is 16.9 Å². The molecule has 0 fully saturated rings. The Kier molecular flexibility index (Phi) is 4.18. The lowest BCUT2D eigenvalue weighted by atomic mass is 10.2. The number of hydrogen-bond acceptors (Lipinski definition) is 4. The topological polar surface area (TPSA) is 77.8 Å². The molecule has 1 aromatic heterocycles. The Morgan fingerprint density at radius 1 is 1.35 bits per heavy atom. The number of nitrogens with one attached hydrogen (secondary N) is 2. The van der Waals surface area contributed by atoms with Crippen molar-refractivity contribution in [1.82, 2.24) is 4.98 Å². The van der Waals surface area contributed by atoms with Gasteiger partial charge in [0.1, 0.15) is 5.82 Å². The molecule has 2 N–H and O–H groups in total. The van der Waals surface area contributed by atoms with Crippen LogP contribution in [0.5, 0.6) is 0 Å². The van der Waals surface area contributed by atoms with Gasteiger partial charge in [-0.1, -0.05) is 11.6 Å². The highest BCUT2D eigenvalue weighted by Crippen LogP contribution is 2.23. The Bertz CT molecular complexity index is 694. The van der Waals surface area contributed by atoms with Crippen molar-refractivity contribution in [2.75, 3.05) is 17.7 Å². The fraction of sp³-hybridized carbons (Fsp3) is 0.0714. The molecular formula is C14H11ClN4O. The van der Waals surface area contributed by atoms with Gasteiger partial charge in [-0.3, -0.25) is 4.79 Å². The lowest BCUT2D eigenvalue weighted by Gasteiger charge is -2.08. The lowest BCUT2D eigenvalue weighted by molar-refractivity contribution is 0.102. The zero-order valence-electron chi connectivity index (χ0n) is 10.6. The number of carbonyl (C=O) groups excluding carboxylic acids is 1. The van der Waals surface area contributed by atoms with Crippen molar-refractivity contribution in [1.29, 1.82) is 5.26 Å². The van der Waals surface area contributed by atoms with Gasteiger partial charge >= 0.3 is 0 Å². The molecule has 6 heteroatoms. The van der Waals surface area contributed by atoms with Gasteiger partial charge in [0, 0.05) is 18.8 Å². The molecule has 0 aliphatic heterocycles. The Labute approximate surface area is 121 Å². The SMILES string of the molecule is CNc1cc(C(=O)Nc2ccc(C#N)cc2Cl)ccn1. The predicted octanol–water partition coefficient (Wildman–Crippen LogP) is 2.90. The number of nitriles is 1. The monoisotopic (exact) mass is 286 g/mol. The number of nitrogens with zero attached hydrogens (tertiary/aromatic N) is 2. The molecule has 0 atom stereocenters. The minimum Gasteiger partial charge on any atom is -0.373 e. The van der Waals surface area contributed by atoms with E-state index in [1.807, 2.05) is 6.07 Å². The van der Waals surface area contributed by atoms with Crippen molar-refractivity contribution in [3.05, 3.63) is 52.7 Å². The molecule has 0 spiro atoms. The molecular weight excluding hydrogens is 276 g/mol. The van der Waals surface area contributed by atoms with Crippen LogP contribution in [0.1, 0.15) is 15.9 Å². The maximum Gasteiger partial charge on any atom is 0.255 e. The van der Waals surface area contributed by atoms with E-state index in [0.717, 1.165) is 0 Å². The molecule has 0 saturated heterocycles. The predicted molar refractivity (Wildman–Crippen MR) is 77.9 cm³/mol. The summed E-state index contributed by atoms with van der Waals surface area (Å²) in [6.45, 7) is 0. The summed E-state index contributed by atoms with van der Waals surface area (Å²) in [6, 6.07) is 9.91. The van der Waals surface area contributed by atoms with Gasteiger partial charge in [0.25, 0.3) is 5.91 Å². The van der Waals surface area contributed by atoms with Gasteiger partial charge in [0.05, 0.1) is 22.3 Å². The molecule has 0 aliphatic rings. The summed E-state index contributed by atoms with van der Waals surface area (Å²) < 4.78 is 0. The normalized spacial score (nSPS) is 9.65. The fourth-order valence-electron chi connectivity index (χ4n) is 1.59. The number of pyridine rings is 1. The Morgan fingerprint density at radius 3 is 2.80 bits per heavy atom. The Hall–Kier alpha value is -2.58. The van der Waals surface area contributed by atoms with Crippen molar-refractivity contribution in [2.45, 2.75) is 0 Å². The van der Waals surface area contributed by atoms with E-state index in [1.165, 1.54) is 6.07 Å². The molecule has 1 heterocycles. The molecule has 1 amide bonds. The first-order valence-electron chi connectivity index (χ1n) is 5.79. The molecule has 20 heavy (non-hydrogen) atoms. The first kappa shape index (κ1) is 13.8. The minimum atomic E-state index is -0.296. The van der Waals surface area contributed by atoms with Crippen molar-refractivity contribution >= 4 is 29.0 Å². The van der Waals surface area contributed by atoms with Crippen LogP contribution in [0.15, 0.2) is 36.5 Å². The van der Waals surface area contributed by atoms with Crippen molar-refractivity contribution < 1.29 is 4.79 Å². The van der Waals surface area contributed by atoms with Crippen LogP contribution in [-0.4, -0.2) is 17.9 Å². The minimum absolute atomic E-state index is 0.296. The van der Waals surface area contributed by atoms with Crippen LogP contribution >= 0.6 is 11.6 Å². The summed E-state index contributed by atoms with van der Waals surface area (Å²) in [4.78, 5) is 16.1. The van der Waals surface area contributed by atoms with Gasteiger partial charge in [-0.2, -0.15) is 5.26 Å². The first-order chi connectivity index (χ1) is 9.63. The van der Waals surface area contributed by atoms with Gasteiger partial charge in [0.2, 0.25) is 0 Å². The number of hydrogen-bond donors (Lipinski definition) is 2. The smallest absolute Gasteiger partial charge is 0.255 e. The van der Waals surface area contributed by atoms with E-state index in [9.17, 15) is 4.79 Å². The molecule has 1 aromatic carbocycles. The van der Waals surface area contributed by atoms with Crippen LogP contribution in [0, 0.1) is 11.3 Å². The third kappa shape index (κ3) is 3.05. The Morgan fingerprint density at radius 2 is 2.15 bits per heavy atom. The van der Waals surface area contributed by atoms with Gasteiger partial charge in [-0.05, 0) is 30.3 Å². The molecule has 2 aromatic rings. The van der Waals surface area contributed by atoms with Crippen LogP contribution < -0.4 is 10.6 Å². The molecule has 0 saturated carbocycles. The summed E-state index contributed by atoms with van der Waals surface area (Å²) in [6.07, 6.45) is 1.54. The molecule has 100 valence electrons. The summed E-state index contributed by atoms with van der Waals surface area (Å²) >= 11 is 6.01. The molecule has 2 rings (SSSR count). The summed E-state index contributed by atoms with van der Waals surface area (Å²) in [5.74, 6) is 0.305. The second kappa shape index (κ2) is 6.04. The number of anilines is 2. The number of carbonyl (C=O) groups is 1. The van der Waals surface area contributed by atoms with Gasteiger partial charge in [-0.15, -0.1) is 0 Å². The molecule has 0 bridgehead atoms. The number of halogens is 1. The van der Waals surface area contributed by atoms with Crippen molar-refractivity contribution in [3.8, 4) is 6.07 Å². The third-order valence-corrected chi connectivity index (χ3v) is 2.94. The van der Waals surface area contributed by atoms with E-state index in [-0.39, 0.29) is 5.91 Å². The zero-order valence-corrected chi connectivity index (χ0v) is 11.4. The average molecular weight is 287 g/mol. The van der Waals surface area contributed by atoms with Crippen LogP contribution in [0.3, 0.4) is 0 Å². The van der Waals surface area contributed by atoms with Crippen molar-refractivity contribution in [2.24, 2.45) is 0 Å². The zero-order chi connectivity index (χ0) is 14.5. The summed E-state index contributed by atoms with van der Waals surface area (Å²) in [5, 5.41) is 14.6. The van der Waals surface area contributed by atoms with E-state index in [1.54, 1.807) is 37.5 Å². The number of benzene rings is 1. The van der Waals surface area contributed by atoms with Gasteiger partial charge < -0.3 is 10.6 Å². The second-order valence-corrected chi connectivity index (χ2v) is 4.35. The third-order valence-electron chi connectivity index (χ3n) is 2.62. The maximum absolute atomic E-state index is 12.1. The first-order valence-corrected chi connectivity index (χ1v) is 6.16. The second-order valence-electron chi connectivity index (χ2n) is 3.94. The van der Waals surface area contributed by atoms with Gasteiger partial charge in [0.15, 0.2) is 0 Å². The molecule has 0 unspecified atom stereocenters. The highest BCUT2D eigenvalue weighted by molar-refractivity contribution is 6.34. The lowest BCUT2D eigenvalue weighted by Crippen LogP contribution is -2.12. The largest absolute Gasteiger partial charge is 0.373 e. The van der Waals surface area contributed by atoms with E-state index >= 15 is 0 Å². The van der Waals surface area contributed by atoms with Crippen LogP contribution in [0.4, 0.5) is 11.5 Å². The molecule has 0 aliphatic carbocycles. The highest BCUT2D eigenvalue weighted by atomic mass is 35.5. The molecule has 0 radical (unpaired) electrons. The standard InChI is InChI=1S/C14H11ClN4O/c1-17-13-7-10(4-5-18-13)14(20)19-12-3-2-9(8-16)6-11(12)15/h2-7H,1H3,(H,17,18)(H,19,20). The summed E-state index contributed by atoms with van der Waals surface area (Å²) in [5.41, 5.74) is 1.36. The number of rotatable bonds is 3. The van der Waals surface area contributed by atoms with E-state index in [0.29, 0.717) is 27.7 Å². The average Bonchev–Trinajstić information content (AvgIpc) is 2.49.